The molecule has 0 saturated heterocycles. The Hall–Kier alpha value is 0.200. The minimum absolute atomic E-state index is 0.0128. The Balaban J connectivity index is 2.35. The number of halogens is 1. The van der Waals surface area contributed by atoms with Crippen LogP contribution >= 0.6 is 22.6 Å². The van der Waals surface area contributed by atoms with Crippen molar-refractivity contribution in [3.05, 3.63) is 0 Å². The third-order valence-electron chi connectivity index (χ3n) is 2.23. The lowest BCUT2D eigenvalue weighted by Crippen LogP contribution is -2.24. The molecular weight excluding hydrogens is 267 g/mol. The molecule has 0 heterocycles. The van der Waals surface area contributed by atoms with E-state index in [0.29, 0.717) is 10.5 Å². The van der Waals surface area contributed by atoms with E-state index >= 15 is 0 Å². The zero-order chi connectivity index (χ0) is 8.97. The van der Waals surface area contributed by atoms with Crippen LogP contribution in [0, 0.1) is 5.92 Å². The van der Waals surface area contributed by atoms with Crippen molar-refractivity contribution in [1.82, 2.24) is 0 Å². The van der Waals surface area contributed by atoms with E-state index in [2.05, 4.69) is 22.6 Å². The Morgan fingerprint density at radius 3 is 2.92 bits per heavy atom. The monoisotopic (exact) mass is 282 g/mol. The Labute approximate surface area is 87.2 Å². The molecule has 0 radical (unpaired) electrons. The van der Waals surface area contributed by atoms with Gasteiger partial charge in [0.1, 0.15) is 0 Å². The highest BCUT2D eigenvalue weighted by Crippen LogP contribution is 2.29. The molecule has 0 aromatic rings. The lowest BCUT2D eigenvalue weighted by molar-refractivity contribution is -0.148. The largest absolute Gasteiger partial charge is 0.466 e. The van der Waals surface area contributed by atoms with Crippen LogP contribution in [0.3, 0.4) is 0 Å². The van der Waals surface area contributed by atoms with Gasteiger partial charge in [0.05, 0.1) is 12.5 Å². The Kier molecular flexibility index (Phi) is 4.32. The maximum atomic E-state index is 11.3. The van der Waals surface area contributed by atoms with Crippen LogP contribution < -0.4 is 0 Å². The fraction of sp³-hybridized carbons (Fsp3) is 0.889. The highest BCUT2D eigenvalue weighted by molar-refractivity contribution is 14.1. The molecule has 0 aromatic carbocycles. The van der Waals surface area contributed by atoms with Gasteiger partial charge in [-0.15, -0.1) is 0 Å². The quantitative estimate of drug-likeness (QED) is 0.442. The van der Waals surface area contributed by atoms with E-state index in [4.69, 9.17) is 4.74 Å². The van der Waals surface area contributed by atoms with E-state index in [1.807, 2.05) is 6.92 Å². The van der Waals surface area contributed by atoms with Crippen LogP contribution in [0.1, 0.15) is 32.6 Å². The highest BCUT2D eigenvalue weighted by atomic mass is 127. The number of esters is 1. The van der Waals surface area contributed by atoms with Crippen LogP contribution in [0.15, 0.2) is 0 Å². The van der Waals surface area contributed by atoms with Crippen molar-refractivity contribution in [1.29, 1.82) is 0 Å². The van der Waals surface area contributed by atoms with Crippen LogP contribution in [-0.4, -0.2) is 16.5 Å². The zero-order valence-corrected chi connectivity index (χ0v) is 9.54. The molecule has 3 heteroatoms. The molecule has 0 spiro atoms. The lowest BCUT2D eigenvalue weighted by Gasteiger charge is -2.23. The molecule has 1 saturated carbocycles. The first kappa shape index (κ1) is 10.3. The van der Waals surface area contributed by atoms with Gasteiger partial charge in [-0.25, -0.2) is 0 Å². The number of rotatable bonds is 2. The van der Waals surface area contributed by atoms with Crippen molar-refractivity contribution >= 4 is 28.6 Å². The molecule has 2 atom stereocenters. The number of hydrogen-bond acceptors (Lipinski definition) is 2. The molecule has 70 valence electrons. The summed E-state index contributed by atoms with van der Waals surface area (Å²) in [6.07, 6.45) is 4.48. The molecular formula is C9H15IO2. The standard InChI is InChI=1S/C9H15IO2/c1-2-12-9(11)7-4-3-5-8(10)6-7/h7-8H,2-6H2,1H3/t7-,8+/m1/s1. The lowest BCUT2D eigenvalue weighted by atomic mass is 9.89. The Bertz CT molecular complexity index is 159. The van der Waals surface area contributed by atoms with Crippen LogP contribution in [0.2, 0.25) is 0 Å². The molecule has 0 aliphatic heterocycles. The third-order valence-corrected chi connectivity index (χ3v) is 3.36. The number of carbonyl (C=O) groups is 1. The summed E-state index contributed by atoms with van der Waals surface area (Å²) in [6.45, 7) is 2.38. The first-order valence-electron chi connectivity index (χ1n) is 4.54. The summed E-state index contributed by atoms with van der Waals surface area (Å²) >= 11 is 2.43. The van der Waals surface area contributed by atoms with Gasteiger partial charge in [0, 0.05) is 3.92 Å². The summed E-state index contributed by atoms with van der Waals surface area (Å²) in [4.78, 5) is 11.3. The van der Waals surface area contributed by atoms with E-state index in [9.17, 15) is 4.79 Å². The van der Waals surface area contributed by atoms with Crippen molar-refractivity contribution in [2.75, 3.05) is 6.61 Å². The number of ether oxygens (including phenoxy) is 1. The minimum Gasteiger partial charge on any atom is -0.466 e. The molecule has 1 fully saturated rings. The number of carbonyl (C=O) groups excluding carboxylic acids is 1. The minimum atomic E-state index is 0.0128. The first-order chi connectivity index (χ1) is 5.74. The van der Waals surface area contributed by atoms with Gasteiger partial charge < -0.3 is 4.74 Å². The van der Waals surface area contributed by atoms with Gasteiger partial charge in [-0.2, -0.15) is 0 Å². The second kappa shape index (κ2) is 5.04. The molecule has 0 unspecified atom stereocenters. The molecule has 0 N–H and O–H groups in total. The van der Waals surface area contributed by atoms with Gasteiger partial charge in [0.15, 0.2) is 0 Å². The molecule has 1 rings (SSSR count). The van der Waals surface area contributed by atoms with E-state index in [-0.39, 0.29) is 11.9 Å². The number of hydrogen-bond donors (Lipinski definition) is 0. The molecule has 12 heavy (non-hydrogen) atoms. The normalized spacial score (nSPS) is 29.8. The van der Waals surface area contributed by atoms with Crippen LogP contribution in [-0.2, 0) is 9.53 Å². The van der Waals surface area contributed by atoms with E-state index < -0.39 is 0 Å². The van der Waals surface area contributed by atoms with Crippen molar-refractivity contribution in [2.45, 2.75) is 36.5 Å². The molecule has 0 aromatic heterocycles. The van der Waals surface area contributed by atoms with Gasteiger partial charge in [-0.05, 0) is 26.2 Å². The molecule has 0 bridgehead atoms. The summed E-state index contributed by atoms with van der Waals surface area (Å²) in [6, 6.07) is 0. The van der Waals surface area contributed by atoms with E-state index in [1.165, 1.54) is 12.8 Å². The second-order valence-corrected chi connectivity index (χ2v) is 4.97. The molecule has 2 nitrogen and oxygen atoms in total. The second-order valence-electron chi connectivity index (χ2n) is 3.21. The Morgan fingerprint density at radius 1 is 1.58 bits per heavy atom. The topological polar surface area (TPSA) is 26.3 Å². The smallest absolute Gasteiger partial charge is 0.308 e. The zero-order valence-electron chi connectivity index (χ0n) is 7.38. The first-order valence-corrected chi connectivity index (χ1v) is 5.79. The summed E-state index contributed by atoms with van der Waals surface area (Å²) < 4.78 is 5.66. The van der Waals surface area contributed by atoms with Gasteiger partial charge in [0.2, 0.25) is 0 Å². The van der Waals surface area contributed by atoms with Gasteiger partial charge >= 0.3 is 5.97 Å². The number of alkyl halides is 1. The maximum Gasteiger partial charge on any atom is 0.308 e. The summed E-state index contributed by atoms with van der Waals surface area (Å²) in [7, 11) is 0. The fourth-order valence-electron chi connectivity index (χ4n) is 1.60. The van der Waals surface area contributed by atoms with Crippen LogP contribution in [0.4, 0.5) is 0 Å². The summed E-state index contributed by atoms with van der Waals surface area (Å²) in [5.41, 5.74) is 0. The summed E-state index contributed by atoms with van der Waals surface area (Å²) in [5, 5.41) is 0. The van der Waals surface area contributed by atoms with Crippen LogP contribution in [0.5, 0.6) is 0 Å². The summed E-state index contributed by atoms with van der Waals surface area (Å²) in [5.74, 6) is 0.194. The predicted molar refractivity (Wildman–Crippen MR) is 56.4 cm³/mol. The van der Waals surface area contributed by atoms with E-state index in [0.717, 1.165) is 12.8 Å². The SMILES string of the molecule is CCOC(=O)[C@@H]1CCC[C@H](I)C1. The van der Waals surface area contributed by atoms with Crippen LogP contribution in [0.25, 0.3) is 0 Å². The average molecular weight is 282 g/mol. The Morgan fingerprint density at radius 2 is 2.33 bits per heavy atom. The maximum absolute atomic E-state index is 11.3. The highest BCUT2D eigenvalue weighted by Gasteiger charge is 2.26. The van der Waals surface area contributed by atoms with Crippen molar-refractivity contribution < 1.29 is 9.53 Å². The van der Waals surface area contributed by atoms with Gasteiger partial charge in [-0.3, -0.25) is 4.79 Å². The third kappa shape index (κ3) is 2.92. The molecule has 1 aliphatic rings. The van der Waals surface area contributed by atoms with Gasteiger partial charge in [0.25, 0.3) is 0 Å². The average Bonchev–Trinajstić information content (AvgIpc) is 2.05. The van der Waals surface area contributed by atoms with E-state index in [1.54, 1.807) is 0 Å². The molecule has 1 aliphatic carbocycles. The predicted octanol–water partition coefficient (Wildman–Crippen LogP) is 2.54. The fourth-order valence-corrected chi connectivity index (χ4v) is 2.66. The van der Waals surface area contributed by atoms with Crippen molar-refractivity contribution in [3.8, 4) is 0 Å². The van der Waals surface area contributed by atoms with Crippen molar-refractivity contribution in [3.63, 3.8) is 0 Å². The van der Waals surface area contributed by atoms with Gasteiger partial charge in [-0.1, -0.05) is 29.0 Å². The molecule has 0 amide bonds. The van der Waals surface area contributed by atoms with Crippen molar-refractivity contribution in [2.24, 2.45) is 5.92 Å².